The molecule has 0 bridgehead atoms. The minimum atomic E-state index is -0.162. The Morgan fingerprint density at radius 1 is 1.14 bits per heavy atom. The normalized spacial score (nSPS) is 13.3. The Balaban J connectivity index is 1.53. The topological polar surface area (TPSA) is 82.5 Å². The summed E-state index contributed by atoms with van der Waals surface area (Å²) < 4.78 is 12.2. The molecule has 1 aliphatic rings. The third-order valence-corrected chi connectivity index (χ3v) is 5.00. The first-order valence-electron chi connectivity index (χ1n) is 9.62. The zero-order chi connectivity index (χ0) is 20.4. The minimum Gasteiger partial charge on any atom is -0.497 e. The number of nitrogens with one attached hydrogen (secondary N) is 1. The number of aryl methyl sites for hydroxylation is 1. The zero-order valence-corrected chi connectivity index (χ0v) is 16.5. The fourth-order valence-corrected chi connectivity index (χ4v) is 3.41. The summed E-state index contributed by atoms with van der Waals surface area (Å²) in [6, 6.07) is 12.7. The highest BCUT2D eigenvalue weighted by atomic mass is 16.5. The number of benzene rings is 2. The lowest BCUT2D eigenvalue weighted by Crippen LogP contribution is -2.25. The first-order valence-corrected chi connectivity index (χ1v) is 9.62. The van der Waals surface area contributed by atoms with Crippen LogP contribution in [0.4, 0.5) is 5.69 Å². The van der Waals surface area contributed by atoms with Gasteiger partial charge in [-0.1, -0.05) is 12.1 Å². The number of anilines is 1. The lowest BCUT2D eigenvalue weighted by Gasteiger charge is -2.13. The van der Waals surface area contributed by atoms with Crippen LogP contribution < -0.4 is 20.3 Å². The standard InChI is InChI=1S/C22H23N3O4/c1-28-16-11-14(12-17(13-16)29-2)23-21(26)10-9-20-24-19-6-4-3-5-18(19)22(27)25(20)15-7-8-15/h3-6,11-13,15H,7-10H2,1-2H3,(H,23,26). The maximum absolute atomic E-state index is 12.9. The Morgan fingerprint density at radius 3 is 2.48 bits per heavy atom. The van der Waals surface area contributed by atoms with Crippen LogP contribution in [0.25, 0.3) is 10.9 Å². The van der Waals surface area contributed by atoms with Crippen molar-refractivity contribution in [1.29, 1.82) is 0 Å². The van der Waals surface area contributed by atoms with Gasteiger partial charge in [-0.25, -0.2) is 4.98 Å². The molecule has 0 radical (unpaired) electrons. The molecule has 1 aliphatic carbocycles. The molecular weight excluding hydrogens is 370 g/mol. The van der Waals surface area contributed by atoms with Crippen LogP contribution in [-0.2, 0) is 11.2 Å². The van der Waals surface area contributed by atoms with Crippen LogP contribution in [-0.4, -0.2) is 29.7 Å². The van der Waals surface area contributed by atoms with Crippen molar-refractivity contribution in [2.75, 3.05) is 19.5 Å². The van der Waals surface area contributed by atoms with Gasteiger partial charge in [0.25, 0.3) is 5.56 Å². The molecule has 150 valence electrons. The van der Waals surface area contributed by atoms with Gasteiger partial charge in [-0.05, 0) is 25.0 Å². The van der Waals surface area contributed by atoms with E-state index in [0.717, 1.165) is 12.8 Å². The van der Waals surface area contributed by atoms with Crippen LogP contribution in [0.15, 0.2) is 47.3 Å². The summed E-state index contributed by atoms with van der Waals surface area (Å²) in [6.45, 7) is 0. The average molecular weight is 393 g/mol. The van der Waals surface area contributed by atoms with Crippen molar-refractivity contribution in [3.05, 3.63) is 58.6 Å². The van der Waals surface area contributed by atoms with Gasteiger partial charge >= 0.3 is 0 Å². The molecule has 0 spiro atoms. The predicted molar refractivity (Wildman–Crippen MR) is 111 cm³/mol. The second-order valence-corrected chi connectivity index (χ2v) is 7.10. The third-order valence-electron chi connectivity index (χ3n) is 5.00. The lowest BCUT2D eigenvalue weighted by atomic mass is 10.2. The maximum atomic E-state index is 12.9. The Bertz CT molecular complexity index is 1100. The molecule has 4 rings (SSSR count). The van der Waals surface area contributed by atoms with Gasteiger partial charge in [-0.2, -0.15) is 0 Å². The smallest absolute Gasteiger partial charge is 0.261 e. The highest BCUT2D eigenvalue weighted by Gasteiger charge is 2.28. The molecule has 3 aromatic rings. The second-order valence-electron chi connectivity index (χ2n) is 7.10. The molecule has 0 saturated heterocycles. The molecule has 1 aromatic heterocycles. The van der Waals surface area contributed by atoms with Gasteiger partial charge in [0.1, 0.15) is 17.3 Å². The van der Waals surface area contributed by atoms with Crippen LogP contribution in [0.1, 0.15) is 31.1 Å². The quantitative estimate of drug-likeness (QED) is 0.666. The largest absolute Gasteiger partial charge is 0.497 e. The Labute approximate surface area is 168 Å². The third kappa shape index (κ3) is 4.08. The summed E-state index contributed by atoms with van der Waals surface area (Å²) in [5, 5.41) is 3.48. The van der Waals surface area contributed by atoms with Crippen molar-refractivity contribution in [2.24, 2.45) is 0 Å². The van der Waals surface area contributed by atoms with Gasteiger partial charge < -0.3 is 14.8 Å². The summed E-state index contributed by atoms with van der Waals surface area (Å²) in [5.41, 5.74) is 1.24. The monoisotopic (exact) mass is 393 g/mol. The van der Waals surface area contributed by atoms with Gasteiger partial charge in [-0.15, -0.1) is 0 Å². The number of para-hydroxylation sites is 1. The first kappa shape index (κ1) is 19.0. The molecule has 1 heterocycles. The number of carbonyl (C=O) groups excluding carboxylic acids is 1. The highest BCUT2D eigenvalue weighted by molar-refractivity contribution is 5.91. The van der Waals surface area contributed by atoms with Crippen molar-refractivity contribution in [1.82, 2.24) is 9.55 Å². The Kier molecular flexibility index (Phi) is 5.20. The number of methoxy groups -OCH3 is 2. The number of aromatic nitrogens is 2. The number of ether oxygens (including phenoxy) is 2. The molecule has 1 fully saturated rings. The van der Waals surface area contributed by atoms with E-state index in [1.54, 1.807) is 43.1 Å². The van der Waals surface area contributed by atoms with E-state index in [9.17, 15) is 9.59 Å². The summed E-state index contributed by atoms with van der Waals surface area (Å²) in [7, 11) is 3.12. The number of rotatable bonds is 7. The van der Waals surface area contributed by atoms with Gasteiger partial charge in [0.15, 0.2) is 0 Å². The first-order chi connectivity index (χ1) is 14.1. The fourth-order valence-electron chi connectivity index (χ4n) is 3.41. The van der Waals surface area contributed by atoms with Crippen LogP contribution in [0.3, 0.4) is 0 Å². The number of hydrogen-bond acceptors (Lipinski definition) is 5. The second kappa shape index (κ2) is 7.95. The highest BCUT2D eigenvalue weighted by Crippen LogP contribution is 2.35. The van der Waals surface area contributed by atoms with Crippen molar-refractivity contribution >= 4 is 22.5 Å². The van der Waals surface area contributed by atoms with E-state index in [1.807, 2.05) is 18.2 Å². The molecule has 2 aromatic carbocycles. The van der Waals surface area contributed by atoms with Gasteiger partial charge in [0, 0.05) is 42.8 Å². The number of carbonyl (C=O) groups is 1. The van der Waals surface area contributed by atoms with E-state index < -0.39 is 0 Å². The van der Waals surface area contributed by atoms with Gasteiger partial charge in [0.2, 0.25) is 5.91 Å². The molecule has 29 heavy (non-hydrogen) atoms. The number of nitrogens with zero attached hydrogens (tertiary/aromatic N) is 2. The summed E-state index contributed by atoms with van der Waals surface area (Å²) in [6.07, 6.45) is 2.56. The molecule has 7 heteroatoms. The van der Waals surface area contributed by atoms with Crippen molar-refractivity contribution in [3.8, 4) is 11.5 Å². The maximum Gasteiger partial charge on any atom is 0.261 e. The number of fused-ring (bicyclic) bond motifs is 1. The van der Waals surface area contributed by atoms with E-state index >= 15 is 0 Å². The summed E-state index contributed by atoms with van der Waals surface area (Å²) in [4.78, 5) is 30.1. The summed E-state index contributed by atoms with van der Waals surface area (Å²) >= 11 is 0. The number of hydrogen-bond donors (Lipinski definition) is 1. The minimum absolute atomic E-state index is 0.0222. The number of amides is 1. The molecule has 0 atom stereocenters. The van der Waals surface area contributed by atoms with E-state index in [-0.39, 0.29) is 23.9 Å². The van der Waals surface area contributed by atoms with E-state index in [4.69, 9.17) is 9.47 Å². The predicted octanol–water partition coefficient (Wildman–Crippen LogP) is 3.32. The van der Waals surface area contributed by atoms with E-state index in [1.165, 1.54) is 0 Å². The Morgan fingerprint density at radius 2 is 1.83 bits per heavy atom. The van der Waals surface area contributed by atoms with Crippen LogP contribution >= 0.6 is 0 Å². The van der Waals surface area contributed by atoms with Crippen LogP contribution in [0, 0.1) is 0 Å². The SMILES string of the molecule is COc1cc(NC(=O)CCc2nc3ccccc3c(=O)n2C2CC2)cc(OC)c1. The Hall–Kier alpha value is -3.35. The molecule has 1 amide bonds. The average Bonchev–Trinajstić information content (AvgIpc) is 3.57. The molecule has 7 nitrogen and oxygen atoms in total. The molecule has 1 saturated carbocycles. The van der Waals surface area contributed by atoms with Crippen LogP contribution in [0.5, 0.6) is 11.5 Å². The van der Waals surface area contributed by atoms with E-state index in [2.05, 4.69) is 10.3 Å². The van der Waals surface area contributed by atoms with Crippen molar-refractivity contribution in [2.45, 2.75) is 31.7 Å². The van der Waals surface area contributed by atoms with Crippen molar-refractivity contribution in [3.63, 3.8) is 0 Å². The van der Waals surface area contributed by atoms with Gasteiger partial charge in [0.05, 0.1) is 25.1 Å². The van der Waals surface area contributed by atoms with E-state index in [0.29, 0.717) is 40.3 Å². The fraction of sp³-hybridized carbons (Fsp3) is 0.318. The molecular formula is C22H23N3O4. The molecule has 1 N–H and O–H groups in total. The van der Waals surface area contributed by atoms with Crippen LogP contribution in [0.2, 0.25) is 0 Å². The lowest BCUT2D eigenvalue weighted by molar-refractivity contribution is -0.116. The zero-order valence-electron chi connectivity index (χ0n) is 16.5. The van der Waals surface area contributed by atoms with Gasteiger partial charge in [-0.3, -0.25) is 14.2 Å². The summed E-state index contributed by atoms with van der Waals surface area (Å²) in [5.74, 6) is 1.69. The molecule has 0 aliphatic heterocycles. The molecule has 0 unspecified atom stereocenters. The van der Waals surface area contributed by atoms with Crippen molar-refractivity contribution < 1.29 is 14.3 Å².